The highest BCUT2D eigenvalue weighted by Crippen LogP contribution is 2.39. The lowest BCUT2D eigenvalue weighted by Gasteiger charge is -2.28. The van der Waals surface area contributed by atoms with Gasteiger partial charge in [0, 0.05) is 5.92 Å². The van der Waals surface area contributed by atoms with E-state index in [0.29, 0.717) is 12.0 Å². The van der Waals surface area contributed by atoms with E-state index in [0.717, 1.165) is 12.8 Å². The van der Waals surface area contributed by atoms with Crippen molar-refractivity contribution in [3.05, 3.63) is 11.6 Å². The summed E-state index contributed by atoms with van der Waals surface area (Å²) in [6.45, 7) is 1.40. The number of carbonyl (C=O) groups is 2. The highest BCUT2D eigenvalue weighted by Gasteiger charge is 2.45. The van der Waals surface area contributed by atoms with E-state index < -0.39 is 30.0 Å². The summed E-state index contributed by atoms with van der Waals surface area (Å²) in [5.74, 6) is -3.53. The lowest BCUT2D eigenvalue weighted by Crippen LogP contribution is -2.39. The number of hydrogen-bond donors (Lipinski definition) is 3. The van der Waals surface area contributed by atoms with Crippen LogP contribution in [0.5, 0.6) is 0 Å². The first-order chi connectivity index (χ1) is 8.93. The highest BCUT2D eigenvalue weighted by atomic mass is 16.4. The monoisotopic (exact) mass is 267 g/mol. The molecular formula is C13H17NO5. The molecule has 0 aromatic carbocycles. The minimum absolute atomic E-state index is 0.0402. The van der Waals surface area contributed by atoms with Gasteiger partial charge in [0.1, 0.15) is 11.6 Å². The zero-order chi connectivity index (χ0) is 14.2. The molecule has 4 atom stereocenters. The van der Waals surface area contributed by atoms with Gasteiger partial charge in [-0.25, -0.2) is 4.79 Å². The van der Waals surface area contributed by atoms with Gasteiger partial charge in [-0.15, -0.1) is 0 Å². The fourth-order valence-electron chi connectivity index (χ4n) is 2.99. The molecule has 0 aromatic rings. The Labute approximate surface area is 110 Å². The quantitative estimate of drug-likeness (QED) is 0.695. The Balaban J connectivity index is 2.40. The molecule has 0 saturated carbocycles. The largest absolute Gasteiger partial charge is 0.481 e. The van der Waals surface area contributed by atoms with E-state index in [1.54, 1.807) is 0 Å². The zero-order valence-electron chi connectivity index (χ0n) is 10.6. The van der Waals surface area contributed by atoms with Crippen molar-refractivity contribution >= 4 is 17.7 Å². The second-order valence-corrected chi connectivity index (χ2v) is 5.07. The molecule has 0 aromatic heterocycles. The molecule has 0 saturated heterocycles. The van der Waals surface area contributed by atoms with Gasteiger partial charge in [0.2, 0.25) is 0 Å². The Kier molecular flexibility index (Phi) is 3.71. The first-order valence-electron chi connectivity index (χ1n) is 6.36. The number of carboxylic acid groups (broad SMARTS) is 2. The number of rotatable bonds is 4. The molecular weight excluding hydrogens is 250 g/mol. The number of hydrogen-bond acceptors (Lipinski definition) is 4. The van der Waals surface area contributed by atoms with E-state index >= 15 is 0 Å². The first kappa shape index (κ1) is 13.7. The highest BCUT2D eigenvalue weighted by molar-refractivity contribution is 6.43. The van der Waals surface area contributed by atoms with Crippen LogP contribution in [0.1, 0.15) is 26.2 Å². The van der Waals surface area contributed by atoms with Gasteiger partial charge in [0.15, 0.2) is 0 Å². The van der Waals surface area contributed by atoms with Gasteiger partial charge < -0.3 is 15.3 Å². The molecule has 1 heterocycles. The van der Waals surface area contributed by atoms with Crippen LogP contribution in [0.2, 0.25) is 0 Å². The zero-order valence-corrected chi connectivity index (χ0v) is 10.6. The van der Waals surface area contributed by atoms with Crippen LogP contribution in [0.4, 0.5) is 0 Å². The summed E-state index contributed by atoms with van der Waals surface area (Å²) < 4.78 is 0. The Morgan fingerprint density at radius 1 is 1.42 bits per heavy atom. The van der Waals surface area contributed by atoms with Crippen LogP contribution < -0.4 is 0 Å². The van der Waals surface area contributed by atoms with Crippen LogP contribution in [-0.2, 0) is 9.59 Å². The smallest absolute Gasteiger partial charge is 0.354 e. The van der Waals surface area contributed by atoms with Gasteiger partial charge in [0.25, 0.3) is 0 Å². The van der Waals surface area contributed by atoms with Crippen LogP contribution in [0.3, 0.4) is 0 Å². The van der Waals surface area contributed by atoms with Crippen molar-refractivity contribution in [1.29, 1.82) is 0 Å². The molecule has 0 amide bonds. The summed E-state index contributed by atoms with van der Waals surface area (Å²) in [7, 11) is 0. The molecule has 104 valence electrons. The summed E-state index contributed by atoms with van der Waals surface area (Å²) in [5.41, 5.74) is 0.595. The van der Waals surface area contributed by atoms with Crippen molar-refractivity contribution in [1.82, 2.24) is 0 Å². The van der Waals surface area contributed by atoms with Crippen molar-refractivity contribution in [3.63, 3.8) is 0 Å². The van der Waals surface area contributed by atoms with Gasteiger partial charge in [0.05, 0.1) is 12.1 Å². The molecule has 0 fully saturated rings. The SMILES string of the molecule is CC(O)[C@@H](C(=O)O)[C@@H]1N=C(C(=O)O)C2=CCCC[C@@H]21. The summed E-state index contributed by atoms with van der Waals surface area (Å²) in [6, 6.07) is -0.685. The molecule has 6 heteroatoms. The van der Waals surface area contributed by atoms with Crippen molar-refractivity contribution in [2.45, 2.75) is 38.3 Å². The lowest BCUT2D eigenvalue weighted by atomic mass is 9.77. The Bertz CT molecular complexity index is 466. The fourth-order valence-corrected chi connectivity index (χ4v) is 2.99. The molecule has 3 N–H and O–H groups in total. The van der Waals surface area contributed by atoms with E-state index in [2.05, 4.69) is 4.99 Å². The standard InChI is InChI=1S/C13H17NO5/c1-6(15)9(12(16)17)10-7-4-2-3-5-8(7)11(14-10)13(18)19/h5-7,9-10,15H,2-4H2,1H3,(H,16,17)(H,18,19)/t6?,7-,9+,10+/m0/s1. The summed E-state index contributed by atoms with van der Waals surface area (Å²) in [6.07, 6.45) is 3.16. The molecule has 2 aliphatic rings. The maximum atomic E-state index is 11.3. The minimum Gasteiger partial charge on any atom is -0.481 e. The van der Waals surface area contributed by atoms with Crippen LogP contribution in [0, 0.1) is 11.8 Å². The van der Waals surface area contributed by atoms with Gasteiger partial charge in [-0.3, -0.25) is 9.79 Å². The van der Waals surface area contributed by atoms with E-state index in [-0.39, 0.29) is 11.6 Å². The van der Waals surface area contributed by atoms with Gasteiger partial charge >= 0.3 is 11.9 Å². The fraction of sp³-hybridized carbons (Fsp3) is 0.615. The third-order valence-electron chi connectivity index (χ3n) is 3.82. The summed E-state index contributed by atoms with van der Waals surface area (Å²) in [5, 5.41) is 28.0. The molecule has 6 nitrogen and oxygen atoms in total. The normalized spacial score (nSPS) is 28.9. The van der Waals surface area contributed by atoms with Gasteiger partial charge in [-0.2, -0.15) is 0 Å². The van der Waals surface area contributed by atoms with Crippen LogP contribution in [0.25, 0.3) is 0 Å². The van der Waals surface area contributed by atoms with Gasteiger partial charge in [-0.05, 0) is 31.8 Å². The number of carboxylic acids is 2. The number of aliphatic carboxylic acids is 2. The van der Waals surface area contributed by atoms with Crippen molar-refractivity contribution in [2.24, 2.45) is 16.8 Å². The average molecular weight is 267 g/mol. The van der Waals surface area contributed by atoms with Crippen LogP contribution in [0.15, 0.2) is 16.6 Å². The second-order valence-electron chi connectivity index (χ2n) is 5.07. The van der Waals surface area contributed by atoms with E-state index in [1.165, 1.54) is 6.92 Å². The Morgan fingerprint density at radius 3 is 2.63 bits per heavy atom. The number of aliphatic hydroxyl groups excluding tert-OH is 1. The Morgan fingerprint density at radius 2 is 2.11 bits per heavy atom. The van der Waals surface area contributed by atoms with Crippen molar-refractivity contribution in [3.8, 4) is 0 Å². The van der Waals surface area contributed by atoms with E-state index in [9.17, 15) is 19.8 Å². The molecule has 0 spiro atoms. The number of fused-ring (bicyclic) bond motifs is 1. The third kappa shape index (κ3) is 2.40. The lowest BCUT2D eigenvalue weighted by molar-refractivity contribution is -0.146. The first-order valence-corrected chi connectivity index (χ1v) is 6.36. The number of nitrogens with zero attached hydrogens (tertiary/aromatic N) is 1. The second kappa shape index (κ2) is 5.13. The topological polar surface area (TPSA) is 107 Å². The molecule has 19 heavy (non-hydrogen) atoms. The summed E-state index contributed by atoms with van der Waals surface area (Å²) in [4.78, 5) is 26.5. The predicted molar refractivity (Wildman–Crippen MR) is 67.1 cm³/mol. The predicted octanol–water partition coefficient (Wildman–Crippen LogP) is 0.702. The number of aliphatic hydroxyl groups is 1. The maximum Gasteiger partial charge on any atom is 0.354 e. The van der Waals surface area contributed by atoms with E-state index in [1.807, 2.05) is 6.08 Å². The van der Waals surface area contributed by atoms with Crippen molar-refractivity contribution < 1.29 is 24.9 Å². The van der Waals surface area contributed by atoms with Crippen molar-refractivity contribution in [2.75, 3.05) is 0 Å². The van der Waals surface area contributed by atoms with E-state index in [4.69, 9.17) is 5.11 Å². The summed E-state index contributed by atoms with van der Waals surface area (Å²) >= 11 is 0. The molecule has 2 rings (SSSR count). The third-order valence-corrected chi connectivity index (χ3v) is 3.82. The van der Waals surface area contributed by atoms with Crippen LogP contribution >= 0.6 is 0 Å². The Hall–Kier alpha value is -1.69. The number of aliphatic imine (C=N–C) groups is 1. The van der Waals surface area contributed by atoms with Gasteiger partial charge in [-0.1, -0.05) is 6.08 Å². The molecule has 1 unspecified atom stereocenters. The molecule has 1 aliphatic heterocycles. The molecule has 1 aliphatic carbocycles. The average Bonchev–Trinajstić information content (AvgIpc) is 2.68. The maximum absolute atomic E-state index is 11.3. The van der Waals surface area contributed by atoms with Crippen LogP contribution in [-0.4, -0.2) is 45.1 Å². The molecule has 0 bridgehead atoms. The minimum atomic E-state index is -1.14. The molecule has 0 radical (unpaired) electrons. The number of allylic oxidation sites excluding steroid dienone is 1.